The molecule has 1 heterocycles. The molecule has 1 aromatic carbocycles. The van der Waals surface area contributed by atoms with Gasteiger partial charge in [-0.1, -0.05) is 34.1 Å². The van der Waals surface area contributed by atoms with Crippen LogP contribution in [0.25, 0.3) is 0 Å². The third-order valence-electron chi connectivity index (χ3n) is 4.10. The van der Waals surface area contributed by atoms with Crippen molar-refractivity contribution in [3.8, 4) is 0 Å². The fourth-order valence-electron chi connectivity index (χ4n) is 2.42. The summed E-state index contributed by atoms with van der Waals surface area (Å²) >= 11 is 5.48. The highest BCUT2D eigenvalue weighted by molar-refractivity contribution is 14.0. The highest BCUT2D eigenvalue weighted by Crippen LogP contribution is 2.22. The lowest BCUT2D eigenvalue weighted by Gasteiger charge is -2.19. The Hall–Kier alpha value is -0.810. The standard InChI is InChI=1S/C18H27BrN6S.HI/c1-13(15-8-5-6-9-16(15)19)22-18(20-10-7-11-26-4)21-12-17-24-23-14(2)25(17)3;/h5-6,8-9,13H,7,10-12H2,1-4H3,(H2,20,21,22);1H. The molecule has 6 nitrogen and oxygen atoms in total. The summed E-state index contributed by atoms with van der Waals surface area (Å²) in [6.07, 6.45) is 3.22. The third-order valence-corrected chi connectivity index (χ3v) is 5.52. The molecule has 0 aliphatic heterocycles. The Kier molecular flexibility index (Phi) is 11.3. The van der Waals surface area contributed by atoms with Gasteiger partial charge < -0.3 is 15.2 Å². The molecule has 1 aromatic heterocycles. The lowest BCUT2D eigenvalue weighted by molar-refractivity contribution is 0.671. The molecule has 0 saturated carbocycles. The smallest absolute Gasteiger partial charge is 0.192 e. The Morgan fingerprint density at radius 3 is 2.70 bits per heavy atom. The molecule has 0 aliphatic rings. The maximum Gasteiger partial charge on any atom is 0.192 e. The number of thioether (sulfide) groups is 1. The molecule has 0 bridgehead atoms. The summed E-state index contributed by atoms with van der Waals surface area (Å²) < 4.78 is 3.05. The van der Waals surface area contributed by atoms with E-state index in [2.05, 4.69) is 62.1 Å². The van der Waals surface area contributed by atoms with Crippen LogP contribution < -0.4 is 10.6 Å². The Morgan fingerprint density at radius 2 is 2.07 bits per heavy atom. The number of benzene rings is 1. The predicted molar refractivity (Wildman–Crippen MR) is 129 cm³/mol. The van der Waals surface area contributed by atoms with Crippen LogP contribution in [0.1, 0.15) is 36.6 Å². The third kappa shape index (κ3) is 7.61. The predicted octanol–water partition coefficient (Wildman–Crippen LogP) is 4.05. The van der Waals surface area contributed by atoms with E-state index < -0.39 is 0 Å². The Labute approximate surface area is 191 Å². The maximum absolute atomic E-state index is 4.71. The van der Waals surface area contributed by atoms with Gasteiger partial charge in [-0.25, -0.2) is 4.99 Å². The van der Waals surface area contributed by atoms with E-state index in [-0.39, 0.29) is 30.0 Å². The second-order valence-corrected chi connectivity index (χ2v) is 7.89. The molecule has 0 saturated heterocycles. The first-order valence-electron chi connectivity index (χ1n) is 8.66. The SMILES string of the molecule is CSCCCNC(=NCc1nnc(C)n1C)NC(C)c1ccccc1Br.I. The van der Waals surface area contributed by atoms with Crippen LogP contribution in [-0.4, -0.2) is 39.3 Å². The van der Waals surface area contributed by atoms with Crippen molar-refractivity contribution in [2.45, 2.75) is 32.9 Å². The van der Waals surface area contributed by atoms with Crippen LogP contribution in [0.5, 0.6) is 0 Å². The molecule has 1 atom stereocenters. The molecule has 27 heavy (non-hydrogen) atoms. The first-order valence-corrected chi connectivity index (χ1v) is 10.8. The molecule has 0 radical (unpaired) electrons. The van der Waals surface area contributed by atoms with E-state index in [4.69, 9.17) is 4.99 Å². The molecule has 0 aliphatic carbocycles. The molecule has 2 rings (SSSR count). The summed E-state index contributed by atoms with van der Waals surface area (Å²) in [6, 6.07) is 8.35. The average molecular weight is 567 g/mol. The van der Waals surface area contributed by atoms with Crippen LogP contribution in [0.4, 0.5) is 0 Å². The number of halogens is 2. The number of nitrogens with zero attached hydrogens (tertiary/aromatic N) is 4. The number of hydrogen-bond acceptors (Lipinski definition) is 4. The van der Waals surface area contributed by atoms with Crippen molar-refractivity contribution in [3.63, 3.8) is 0 Å². The van der Waals surface area contributed by atoms with E-state index in [0.29, 0.717) is 6.54 Å². The van der Waals surface area contributed by atoms with Crippen molar-refractivity contribution < 1.29 is 0 Å². The first kappa shape index (κ1) is 24.2. The second-order valence-electron chi connectivity index (χ2n) is 6.05. The van der Waals surface area contributed by atoms with E-state index in [1.807, 2.05) is 42.4 Å². The summed E-state index contributed by atoms with van der Waals surface area (Å²) in [4.78, 5) is 4.71. The number of rotatable bonds is 8. The van der Waals surface area contributed by atoms with Gasteiger partial charge >= 0.3 is 0 Å². The van der Waals surface area contributed by atoms with Crippen LogP contribution in [0.2, 0.25) is 0 Å². The highest BCUT2D eigenvalue weighted by Gasteiger charge is 2.11. The molecule has 1 unspecified atom stereocenters. The number of aliphatic imine (C=N–C) groups is 1. The van der Waals surface area contributed by atoms with Gasteiger partial charge in [-0.15, -0.1) is 34.2 Å². The number of guanidine groups is 1. The molecule has 150 valence electrons. The van der Waals surface area contributed by atoms with Gasteiger partial charge in [-0.05, 0) is 43.9 Å². The van der Waals surface area contributed by atoms with E-state index in [9.17, 15) is 0 Å². The Morgan fingerprint density at radius 1 is 1.33 bits per heavy atom. The normalized spacial score (nSPS) is 12.4. The number of aromatic nitrogens is 3. The molecular weight excluding hydrogens is 539 g/mol. The summed E-state index contributed by atoms with van der Waals surface area (Å²) in [5.41, 5.74) is 1.20. The lowest BCUT2D eigenvalue weighted by atomic mass is 10.1. The van der Waals surface area contributed by atoms with E-state index in [1.54, 1.807) is 0 Å². The first-order chi connectivity index (χ1) is 12.5. The molecule has 9 heteroatoms. The zero-order chi connectivity index (χ0) is 18.9. The fourth-order valence-corrected chi connectivity index (χ4v) is 3.48. The van der Waals surface area contributed by atoms with E-state index in [1.165, 1.54) is 5.56 Å². The summed E-state index contributed by atoms with van der Waals surface area (Å²) in [7, 11) is 1.96. The van der Waals surface area contributed by atoms with Gasteiger partial charge in [-0.3, -0.25) is 0 Å². The van der Waals surface area contributed by atoms with Crippen LogP contribution in [0, 0.1) is 6.92 Å². The minimum absolute atomic E-state index is 0. The van der Waals surface area contributed by atoms with Gasteiger partial charge in [0.25, 0.3) is 0 Å². The molecule has 0 amide bonds. The van der Waals surface area contributed by atoms with Crippen LogP contribution in [-0.2, 0) is 13.6 Å². The quantitative estimate of drug-likeness (QED) is 0.218. The molecule has 2 N–H and O–H groups in total. The van der Waals surface area contributed by atoms with Crippen LogP contribution in [0.3, 0.4) is 0 Å². The van der Waals surface area contributed by atoms with Crippen molar-refractivity contribution >= 4 is 57.6 Å². The van der Waals surface area contributed by atoms with Crippen molar-refractivity contribution in [1.82, 2.24) is 25.4 Å². The lowest BCUT2D eigenvalue weighted by Crippen LogP contribution is -2.39. The van der Waals surface area contributed by atoms with Gasteiger partial charge in [0.05, 0.1) is 6.04 Å². The summed E-state index contributed by atoms with van der Waals surface area (Å²) in [5, 5.41) is 15.2. The number of nitrogens with one attached hydrogen (secondary N) is 2. The Balaban J connectivity index is 0.00000364. The molecule has 0 spiro atoms. The van der Waals surface area contributed by atoms with E-state index in [0.717, 1.165) is 40.8 Å². The largest absolute Gasteiger partial charge is 0.356 e. The van der Waals surface area contributed by atoms with Gasteiger partial charge in [0.2, 0.25) is 0 Å². The van der Waals surface area contributed by atoms with Crippen molar-refractivity contribution in [3.05, 3.63) is 46.0 Å². The monoisotopic (exact) mass is 566 g/mol. The number of hydrogen-bond donors (Lipinski definition) is 2. The van der Waals surface area contributed by atoms with Crippen LogP contribution in [0.15, 0.2) is 33.7 Å². The Bertz CT molecular complexity index is 736. The molecular formula is C18H28BrIN6S. The fraction of sp³-hybridized carbons (Fsp3) is 0.500. The van der Waals surface area contributed by atoms with Gasteiger partial charge in [0.15, 0.2) is 11.8 Å². The van der Waals surface area contributed by atoms with Gasteiger partial charge in [0.1, 0.15) is 12.4 Å². The zero-order valence-electron chi connectivity index (χ0n) is 16.2. The summed E-state index contributed by atoms with van der Waals surface area (Å²) in [6.45, 7) is 5.44. The van der Waals surface area contributed by atoms with E-state index >= 15 is 0 Å². The summed E-state index contributed by atoms with van der Waals surface area (Å²) in [5.74, 6) is 3.65. The average Bonchev–Trinajstić information content (AvgIpc) is 2.95. The van der Waals surface area contributed by atoms with Gasteiger partial charge in [0, 0.05) is 18.1 Å². The highest BCUT2D eigenvalue weighted by atomic mass is 127. The van der Waals surface area contributed by atoms with Gasteiger partial charge in [-0.2, -0.15) is 11.8 Å². The van der Waals surface area contributed by atoms with Crippen molar-refractivity contribution in [2.75, 3.05) is 18.6 Å². The minimum atomic E-state index is 0. The zero-order valence-corrected chi connectivity index (χ0v) is 20.9. The maximum atomic E-state index is 4.71. The van der Waals surface area contributed by atoms with Crippen molar-refractivity contribution in [2.24, 2.45) is 12.0 Å². The number of aryl methyl sites for hydroxylation is 1. The topological polar surface area (TPSA) is 67.1 Å². The molecule has 0 fully saturated rings. The van der Waals surface area contributed by atoms with Crippen molar-refractivity contribution in [1.29, 1.82) is 0 Å². The molecule has 2 aromatic rings. The van der Waals surface area contributed by atoms with Crippen LogP contribution >= 0.6 is 51.7 Å². The minimum Gasteiger partial charge on any atom is -0.356 e. The second kappa shape index (κ2) is 12.6.